The van der Waals surface area contributed by atoms with Gasteiger partial charge in [0.1, 0.15) is 12.1 Å². The SMILES string of the molecule is COCC(C)Nc1ncnc(Oc2cc(C)cc(C)c2)c1[N+](=O)[O-]. The van der Waals surface area contributed by atoms with E-state index in [0.717, 1.165) is 11.1 Å². The molecule has 0 fully saturated rings. The van der Waals surface area contributed by atoms with Crippen molar-refractivity contribution in [2.45, 2.75) is 26.8 Å². The van der Waals surface area contributed by atoms with Crippen LogP contribution in [0.3, 0.4) is 0 Å². The Morgan fingerprint density at radius 2 is 1.92 bits per heavy atom. The van der Waals surface area contributed by atoms with Crippen LogP contribution in [0.2, 0.25) is 0 Å². The molecule has 0 amide bonds. The quantitative estimate of drug-likeness (QED) is 0.613. The molecule has 0 saturated carbocycles. The van der Waals surface area contributed by atoms with E-state index in [4.69, 9.17) is 9.47 Å². The largest absolute Gasteiger partial charge is 0.434 e. The van der Waals surface area contributed by atoms with Crippen LogP contribution in [0, 0.1) is 24.0 Å². The van der Waals surface area contributed by atoms with E-state index >= 15 is 0 Å². The zero-order valence-electron chi connectivity index (χ0n) is 14.1. The first-order valence-electron chi connectivity index (χ1n) is 7.41. The second-order valence-corrected chi connectivity index (χ2v) is 5.56. The maximum atomic E-state index is 11.5. The van der Waals surface area contributed by atoms with Gasteiger partial charge in [0, 0.05) is 13.2 Å². The summed E-state index contributed by atoms with van der Waals surface area (Å²) in [6.07, 6.45) is 1.23. The second kappa shape index (κ2) is 7.69. The molecule has 1 N–H and O–H groups in total. The predicted octanol–water partition coefficient (Wildman–Crippen LogP) is 3.24. The summed E-state index contributed by atoms with van der Waals surface area (Å²) in [5.41, 5.74) is 1.68. The summed E-state index contributed by atoms with van der Waals surface area (Å²) in [4.78, 5) is 18.8. The molecule has 1 aromatic heterocycles. The van der Waals surface area contributed by atoms with Crippen LogP contribution < -0.4 is 10.1 Å². The molecule has 0 aliphatic heterocycles. The third-order valence-electron chi connectivity index (χ3n) is 3.18. The molecule has 0 aliphatic carbocycles. The van der Waals surface area contributed by atoms with E-state index in [1.165, 1.54) is 6.33 Å². The van der Waals surface area contributed by atoms with E-state index < -0.39 is 4.92 Å². The van der Waals surface area contributed by atoms with Gasteiger partial charge >= 0.3 is 11.6 Å². The van der Waals surface area contributed by atoms with Gasteiger partial charge < -0.3 is 14.8 Å². The van der Waals surface area contributed by atoms with Gasteiger partial charge in [0.05, 0.1) is 11.5 Å². The lowest BCUT2D eigenvalue weighted by Crippen LogP contribution is -2.22. The molecule has 8 nitrogen and oxygen atoms in total. The van der Waals surface area contributed by atoms with Gasteiger partial charge in [-0.25, -0.2) is 4.98 Å². The minimum Gasteiger partial charge on any atom is -0.434 e. The molecule has 0 spiro atoms. The molecule has 0 saturated heterocycles. The topological polar surface area (TPSA) is 99.4 Å². The summed E-state index contributed by atoms with van der Waals surface area (Å²) >= 11 is 0. The number of nitrogens with zero attached hydrogens (tertiary/aromatic N) is 3. The number of aryl methyl sites for hydroxylation is 2. The van der Waals surface area contributed by atoms with Crippen molar-refractivity contribution in [1.29, 1.82) is 0 Å². The van der Waals surface area contributed by atoms with Crippen LogP contribution in [0.25, 0.3) is 0 Å². The maximum absolute atomic E-state index is 11.5. The van der Waals surface area contributed by atoms with E-state index in [9.17, 15) is 10.1 Å². The van der Waals surface area contributed by atoms with Gasteiger partial charge in [0.2, 0.25) is 5.82 Å². The minimum atomic E-state index is -0.556. The highest BCUT2D eigenvalue weighted by Gasteiger charge is 2.26. The fourth-order valence-electron chi connectivity index (χ4n) is 2.34. The van der Waals surface area contributed by atoms with Gasteiger partial charge in [-0.15, -0.1) is 0 Å². The number of hydrogen-bond acceptors (Lipinski definition) is 7. The molecule has 128 valence electrons. The molecular formula is C16H20N4O4. The van der Waals surface area contributed by atoms with Gasteiger partial charge in [0.25, 0.3) is 0 Å². The van der Waals surface area contributed by atoms with Crippen molar-refractivity contribution in [3.63, 3.8) is 0 Å². The fraction of sp³-hybridized carbons (Fsp3) is 0.375. The van der Waals surface area contributed by atoms with Crippen LogP contribution in [0.15, 0.2) is 24.5 Å². The Bertz CT molecular complexity index is 716. The Balaban J connectivity index is 2.37. The molecule has 0 aliphatic rings. The first-order valence-corrected chi connectivity index (χ1v) is 7.41. The third-order valence-corrected chi connectivity index (χ3v) is 3.18. The summed E-state index contributed by atoms with van der Waals surface area (Å²) in [5, 5.41) is 14.4. The summed E-state index contributed by atoms with van der Waals surface area (Å²) in [5.74, 6) is 0.483. The first kappa shape index (κ1) is 17.6. The summed E-state index contributed by atoms with van der Waals surface area (Å²) in [6.45, 7) is 6.07. The zero-order valence-corrected chi connectivity index (χ0v) is 14.1. The number of nitrogens with one attached hydrogen (secondary N) is 1. The van der Waals surface area contributed by atoms with Gasteiger partial charge in [-0.05, 0) is 44.0 Å². The predicted molar refractivity (Wildman–Crippen MR) is 89.6 cm³/mol. The summed E-state index contributed by atoms with van der Waals surface area (Å²) in [6, 6.07) is 5.41. The smallest absolute Gasteiger partial charge is 0.373 e. The number of aromatic nitrogens is 2. The van der Waals surface area contributed by atoms with Crippen molar-refractivity contribution < 1.29 is 14.4 Å². The Hall–Kier alpha value is -2.74. The number of hydrogen-bond donors (Lipinski definition) is 1. The van der Waals surface area contributed by atoms with E-state index in [0.29, 0.717) is 12.4 Å². The second-order valence-electron chi connectivity index (χ2n) is 5.56. The van der Waals surface area contributed by atoms with Crippen molar-refractivity contribution in [2.24, 2.45) is 0 Å². The summed E-state index contributed by atoms with van der Waals surface area (Å²) < 4.78 is 10.7. The number of nitro groups is 1. The van der Waals surface area contributed by atoms with Crippen LogP contribution in [0.4, 0.5) is 11.5 Å². The number of rotatable bonds is 7. The number of methoxy groups -OCH3 is 1. The Morgan fingerprint density at radius 1 is 1.25 bits per heavy atom. The highest BCUT2D eigenvalue weighted by molar-refractivity contribution is 5.62. The van der Waals surface area contributed by atoms with Gasteiger partial charge in [-0.2, -0.15) is 4.98 Å². The lowest BCUT2D eigenvalue weighted by molar-refractivity contribution is -0.385. The first-order chi connectivity index (χ1) is 11.4. The van der Waals surface area contributed by atoms with Crippen LogP contribution in [-0.4, -0.2) is 34.6 Å². The van der Waals surface area contributed by atoms with Gasteiger partial charge in [-0.3, -0.25) is 10.1 Å². The van der Waals surface area contributed by atoms with Crippen LogP contribution in [0.1, 0.15) is 18.1 Å². The fourth-order valence-corrected chi connectivity index (χ4v) is 2.34. The molecule has 2 aromatic rings. The van der Waals surface area contributed by atoms with Gasteiger partial charge in [0.15, 0.2) is 0 Å². The highest BCUT2D eigenvalue weighted by Crippen LogP contribution is 2.34. The number of anilines is 1. The average molecular weight is 332 g/mol. The molecule has 1 aromatic carbocycles. The maximum Gasteiger partial charge on any atom is 0.373 e. The highest BCUT2D eigenvalue weighted by atomic mass is 16.6. The Kier molecular flexibility index (Phi) is 5.64. The standard InChI is InChI=1S/C16H20N4O4/c1-10-5-11(2)7-13(6-10)24-16-14(20(21)22)15(17-9-18-16)19-12(3)8-23-4/h5-7,9,12H,8H2,1-4H3,(H,17,18,19). The Labute approximate surface area is 140 Å². The molecule has 2 rings (SSSR count). The van der Waals surface area contributed by atoms with Crippen molar-refractivity contribution in [1.82, 2.24) is 9.97 Å². The van der Waals surface area contributed by atoms with Crippen molar-refractivity contribution in [2.75, 3.05) is 19.0 Å². The third kappa shape index (κ3) is 4.39. The molecule has 0 bridgehead atoms. The van der Waals surface area contributed by atoms with Crippen LogP contribution in [-0.2, 0) is 4.74 Å². The van der Waals surface area contributed by atoms with Crippen molar-refractivity contribution >= 4 is 11.5 Å². The summed E-state index contributed by atoms with van der Waals surface area (Å²) in [7, 11) is 1.56. The molecular weight excluding hydrogens is 312 g/mol. The van der Waals surface area contributed by atoms with Crippen LogP contribution in [0.5, 0.6) is 11.6 Å². The molecule has 1 unspecified atom stereocenters. The lowest BCUT2D eigenvalue weighted by atomic mass is 10.1. The zero-order chi connectivity index (χ0) is 17.7. The van der Waals surface area contributed by atoms with E-state index in [1.54, 1.807) is 19.2 Å². The molecule has 8 heteroatoms. The van der Waals surface area contributed by atoms with E-state index in [2.05, 4.69) is 15.3 Å². The molecule has 1 atom stereocenters. The van der Waals surface area contributed by atoms with Gasteiger partial charge in [-0.1, -0.05) is 6.07 Å². The van der Waals surface area contributed by atoms with Crippen LogP contribution >= 0.6 is 0 Å². The number of benzene rings is 1. The number of ether oxygens (including phenoxy) is 2. The van der Waals surface area contributed by atoms with E-state index in [1.807, 2.05) is 26.8 Å². The minimum absolute atomic E-state index is 0.0962. The molecule has 24 heavy (non-hydrogen) atoms. The van der Waals surface area contributed by atoms with Crippen molar-refractivity contribution in [3.8, 4) is 11.6 Å². The monoisotopic (exact) mass is 332 g/mol. The van der Waals surface area contributed by atoms with E-state index in [-0.39, 0.29) is 23.4 Å². The molecule has 1 heterocycles. The normalized spacial score (nSPS) is 11.8. The molecule has 0 radical (unpaired) electrons. The lowest BCUT2D eigenvalue weighted by Gasteiger charge is -2.14. The van der Waals surface area contributed by atoms with Crippen molar-refractivity contribution in [3.05, 3.63) is 45.8 Å². The average Bonchev–Trinajstić information content (AvgIpc) is 2.46. The Morgan fingerprint density at radius 3 is 2.50 bits per heavy atom.